The van der Waals surface area contributed by atoms with E-state index >= 15 is 0 Å². The van der Waals surface area contributed by atoms with Crippen LogP contribution in [0.4, 0.5) is 0 Å². The van der Waals surface area contributed by atoms with Crippen molar-refractivity contribution in [2.75, 3.05) is 20.5 Å². The molecular formula is C12H12O6. The van der Waals surface area contributed by atoms with Gasteiger partial charge < -0.3 is 18.9 Å². The van der Waals surface area contributed by atoms with E-state index in [2.05, 4.69) is 0 Å². The maximum absolute atomic E-state index is 11.8. The van der Waals surface area contributed by atoms with E-state index in [0.29, 0.717) is 11.5 Å². The molecule has 6 heteroatoms. The van der Waals surface area contributed by atoms with Gasteiger partial charge in [-0.05, 0) is 6.07 Å². The zero-order chi connectivity index (χ0) is 13.1. The highest BCUT2D eigenvalue weighted by Gasteiger charge is 2.22. The molecule has 0 aliphatic carbocycles. The van der Waals surface area contributed by atoms with Crippen molar-refractivity contribution < 1.29 is 28.5 Å². The lowest BCUT2D eigenvalue weighted by Crippen LogP contribution is -2.11. The van der Waals surface area contributed by atoms with Crippen LogP contribution in [0.25, 0.3) is 0 Å². The molecule has 0 atom stereocenters. The van der Waals surface area contributed by atoms with E-state index in [4.69, 9.17) is 18.9 Å². The van der Waals surface area contributed by atoms with Crippen LogP contribution in [-0.4, -0.2) is 32.3 Å². The first-order valence-corrected chi connectivity index (χ1v) is 5.26. The van der Waals surface area contributed by atoms with Crippen molar-refractivity contribution in [3.8, 4) is 17.2 Å². The second kappa shape index (κ2) is 5.05. The number of hydrogen-bond donors (Lipinski definition) is 0. The Bertz CT molecular complexity index is 494. The van der Waals surface area contributed by atoms with E-state index in [1.165, 1.54) is 26.2 Å². The zero-order valence-electron chi connectivity index (χ0n) is 10.0. The van der Waals surface area contributed by atoms with E-state index in [1.807, 2.05) is 0 Å². The summed E-state index contributed by atoms with van der Waals surface area (Å²) in [5, 5.41) is 0. The highest BCUT2D eigenvalue weighted by atomic mass is 16.7. The van der Waals surface area contributed by atoms with Crippen molar-refractivity contribution in [3.05, 3.63) is 17.7 Å². The molecule has 0 unspecified atom stereocenters. The van der Waals surface area contributed by atoms with Crippen LogP contribution in [0.3, 0.4) is 0 Å². The van der Waals surface area contributed by atoms with Crippen LogP contribution in [0, 0.1) is 0 Å². The summed E-state index contributed by atoms with van der Waals surface area (Å²) in [6.07, 6.45) is 0. The summed E-state index contributed by atoms with van der Waals surface area (Å²) in [6.45, 7) is 1.24. The van der Waals surface area contributed by atoms with Crippen molar-refractivity contribution in [1.29, 1.82) is 0 Å². The molecular weight excluding hydrogens is 240 g/mol. The minimum atomic E-state index is -0.514. The Morgan fingerprint density at radius 1 is 1.28 bits per heavy atom. The lowest BCUT2D eigenvalue weighted by Gasteiger charge is -2.09. The number of fused-ring (bicyclic) bond motifs is 1. The average Bonchev–Trinajstić information content (AvgIpc) is 2.74. The number of carbonyl (C=O) groups is 2. The molecule has 0 spiro atoms. The zero-order valence-corrected chi connectivity index (χ0v) is 10.0. The fourth-order valence-electron chi connectivity index (χ4n) is 1.59. The van der Waals surface area contributed by atoms with Gasteiger partial charge in [0.05, 0.1) is 5.56 Å². The number of ether oxygens (including phenoxy) is 4. The average molecular weight is 252 g/mol. The molecule has 1 heterocycles. The standard InChI is InChI=1S/C12H12O6/c1-7(13)18-10-4-12-11(16-6-17-12)3-8(10)9(14)5-15-2/h3-4H,5-6H2,1-2H3. The molecule has 0 saturated carbocycles. The quantitative estimate of drug-likeness (QED) is 0.455. The predicted octanol–water partition coefficient (Wildman–Crippen LogP) is 1.17. The Hall–Kier alpha value is -2.08. The van der Waals surface area contributed by atoms with Crippen molar-refractivity contribution >= 4 is 11.8 Å². The van der Waals surface area contributed by atoms with Crippen LogP contribution in [0.1, 0.15) is 17.3 Å². The first kappa shape index (κ1) is 12.4. The number of rotatable bonds is 4. The molecule has 6 nitrogen and oxygen atoms in total. The van der Waals surface area contributed by atoms with Crippen molar-refractivity contribution in [2.45, 2.75) is 6.92 Å². The minimum Gasteiger partial charge on any atom is -0.454 e. The molecule has 1 aliphatic heterocycles. The van der Waals surface area contributed by atoms with Crippen LogP contribution >= 0.6 is 0 Å². The minimum absolute atomic E-state index is 0.0801. The molecule has 1 aliphatic rings. The monoisotopic (exact) mass is 252 g/mol. The van der Waals surface area contributed by atoms with E-state index in [0.717, 1.165) is 0 Å². The lowest BCUT2D eigenvalue weighted by molar-refractivity contribution is -0.131. The highest BCUT2D eigenvalue weighted by Crippen LogP contribution is 2.38. The normalized spacial score (nSPS) is 12.3. The van der Waals surface area contributed by atoms with E-state index < -0.39 is 5.97 Å². The molecule has 0 aromatic heterocycles. The van der Waals surface area contributed by atoms with Gasteiger partial charge in [0.15, 0.2) is 17.3 Å². The topological polar surface area (TPSA) is 71.1 Å². The fraction of sp³-hybridized carbons (Fsp3) is 0.333. The van der Waals surface area contributed by atoms with E-state index in [1.54, 1.807) is 0 Å². The van der Waals surface area contributed by atoms with Crippen molar-refractivity contribution in [2.24, 2.45) is 0 Å². The summed E-state index contributed by atoms with van der Waals surface area (Å²) in [7, 11) is 1.41. The Morgan fingerprint density at radius 2 is 1.94 bits per heavy atom. The number of ketones is 1. The Kier molecular flexibility index (Phi) is 3.47. The predicted molar refractivity (Wildman–Crippen MR) is 60.1 cm³/mol. The van der Waals surface area contributed by atoms with Gasteiger partial charge in [-0.2, -0.15) is 0 Å². The molecule has 0 amide bonds. The van der Waals surface area contributed by atoms with Crippen molar-refractivity contribution in [1.82, 2.24) is 0 Å². The van der Waals surface area contributed by atoms with E-state index in [-0.39, 0.29) is 30.5 Å². The maximum Gasteiger partial charge on any atom is 0.308 e. The third-order valence-corrected chi connectivity index (χ3v) is 2.30. The summed E-state index contributed by atoms with van der Waals surface area (Å²) in [5.41, 5.74) is 0.233. The Morgan fingerprint density at radius 3 is 2.56 bits per heavy atom. The number of Topliss-reactive ketones (excluding diaryl/α,β-unsaturated/α-hetero) is 1. The second-order valence-electron chi connectivity index (χ2n) is 3.65. The fourth-order valence-corrected chi connectivity index (χ4v) is 1.59. The molecule has 0 saturated heterocycles. The van der Waals surface area contributed by atoms with Gasteiger partial charge in [-0.1, -0.05) is 0 Å². The van der Waals surface area contributed by atoms with Gasteiger partial charge in [0.2, 0.25) is 6.79 Å². The second-order valence-corrected chi connectivity index (χ2v) is 3.65. The smallest absolute Gasteiger partial charge is 0.308 e. The molecule has 18 heavy (non-hydrogen) atoms. The molecule has 0 bridgehead atoms. The molecule has 1 aromatic rings. The SMILES string of the molecule is COCC(=O)c1cc2c(cc1OC(C)=O)OCO2. The van der Waals surface area contributed by atoms with Crippen LogP contribution in [0.5, 0.6) is 17.2 Å². The number of methoxy groups -OCH3 is 1. The van der Waals surface area contributed by atoms with Gasteiger partial charge in [-0.25, -0.2) is 0 Å². The van der Waals surface area contributed by atoms with Gasteiger partial charge in [-0.3, -0.25) is 9.59 Å². The summed E-state index contributed by atoms with van der Waals surface area (Å²) in [6, 6.07) is 2.95. The largest absolute Gasteiger partial charge is 0.454 e. The first-order valence-electron chi connectivity index (χ1n) is 5.26. The van der Waals surface area contributed by atoms with Crippen molar-refractivity contribution in [3.63, 3.8) is 0 Å². The van der Waals surface area contributed by atoms with Gasteiger partial charge >= 0.3 is 5.97 Å². The van der Waals surface area contributed by atoms with Gasteiger partial charge in [-0.15, -0.1) is 0 Å². The van der Waals surface area contributed by atoms with Crippen LogP contribution in [0.2, 0.25) is 0 Å². The lowest BCUT2D eigenvalue weighted by atomic mass is 10.1. The van der Waals surface area contributed by atoms with Gasteiger partial charge in [0.25, 0.3) is 0 Å². The number of benzene rings is 1. The van der Waals surface area contributed by atoms with Crippen LogP contribution < -0.4 is 14.2 Å². The Balaban J connectivity index is 2.41. The summed E-state index contributed by atoms with van der Waals surface area (Å²) < 4.78 is 20.1. The summed E-state index contributed by atoms with van der Waals surface area (Å²) >= 11 is 0. The third kappa shape index (κ3) is 2.43. The van der Waals surface area contributed by atoms with Gasteiger partial charge in [0, 0.05) is 20.1 Å². The number of esters is 1. The Labute approximate surface area is 103 Å². The van der Waals surface area contributed by atoms with Gasteiger partial charge in [0.1, 0.15) is 12.4 Å². The highest BCUT2D eigenvalue weighted by molar-refractivity contribution is 6.01. The molecule has 0 radical (unpaired) electrons. The van der Waals surface area contributed by atoms with E-state index in [9.17, 15) is 9.59 Å². The molecule has 2 rings (SSSR count). The molecule has 0 N–H and O–H groups in total. The summed E-state index contributed by atoms with van der Waals surface area (Å²) in [4.78, 5) is 22.8. The molecule has 0 fully saturated rings. The van der Waals surface area contributed by atoms with Crippen LogP contribution in [-0.2, 0) is 9.53 Å². The first-order chi connectivity index (χ1) is 8.61. The molecule has 1 aromatic carbocycles. The number of hydrogen-bond acceptors (Lipinski definition) is 6. The maximum atomic E-state index is 11.8. The van der Waals surface area contributed by atoms with Crippen LogP contribution in [0.15, 0.2) is 12.1 Å². The molecule has 96 valence electrons. The third-order valence-electron chi connectivity index (χ3n) is 2.30. The summed E-state index contributed by atoms with van der Waals surface area (Å²) in [5.74, 6) is 0.228. The number of carbonyl (C=O) groups excluding carboxylic acids is 2.